The molecule has 0 aromatic rings. The van der Waals surface area contributed by atoms with E-state index in [4.69, 9.17) is 4.74 Å². The van der Waals surface area contributed by atoms with E-state index in [0.29, 0.717) is 32.9 Å². The highest BCUT2D eigenvalue weighted by atomic mass is 19.4. The third-order valence-electron chi connectivity index (χ3n) is 2.00. The van der Waals surface area contributed by atoms with Gasteiger partial charge >= 0.3 is 6.18 Å². The van der Waals surface area contributed by atoms with Crippen molar-refractivity contribution in [3.05, 3.63) is 6.61 Å². The number of nitrogens with zero attached hydrogens (tertiary/aromatic N) is 1. The summed E-state index contributed by atoms with van der Waals surface area (Å²) in [5.41, 5.74) is 0. The topological polar surface area (TPSA) is 38.8 Å². The minimum Gasteiger partial charge on any atom is -0.378 e. The molecule has 0 aromatic carbocycles. The second-order valence-corrected chi connectivity index (χ2v) is 3.29. The second kappa shape index (κ2) is 6.05. The molecule has 1 aliphatic heterocycles. The van der Waals surface area contributed by atoms with Crippen molar-refractivity contribution in [1.29, 1.82) is 0 Å². The zero-order valence-electron chi connectivity index (χ0n) is 8.63. The maximum Gasteiger partial charge on any atom is 0.391 e. The highest BCUT2D eigenvalue weighted by molar-refractivity contribution is 5.77. The predicted molar refractivity (Wildman–Crippen MR) is 48.3 cm³/mol. The van der Waals surface area contributed by atoms with Crippen LogP contribution in [0.5, 0.6) is 0 Å². The molecule has 1 rings (SSSR count). The van der Waals surface area contributed by atoms with Crippen LogP contribution in [0.4, 0.5) is 13.2 Å². The summed E-state index contributed by atoms with van der Waals surface area (Å²) < 4.78 is 44.7. The molecule has 0 unspecified atom stereocenters. The number of rotatable bonds is 4. The minimum atomic E-state index is -4.29. The largest absolute Gasteiger partial charge is 0.391 e. The highest BCUT2D eigenvalue weighted by Crippen LogP contribution is 2.20. The van der Waals surface area contributed by atoms with Gasteiger partial charge in [0.2, 0.25) is 5.91 Å². The molecule has 1 saturated heterocycles. The molecule has 7 heteroatoms. The van der Waals surface area contributed by atoms with Gasteiger partial charge < -0.3 is 14.4 Å². The highest BCUT2D eigenvalue weighted by Gasteiger charge is 2.27. The molecule has 0 spiro atoms. The van der Waals surface area contributed by atoms with Crippen molar-refractivity contribution >= 4 is 5.91 Å². The number of carbonyl (C=O) groups excluding carboxylic acids is 1. The Morgan fingerprint density at radius 3 is 2.56 bits per heavy atom. The third-order valence-corrected chi connectivity index (χ3v) is 2.00. The summed E-state index contributed by atoms with van der Waals surface area (Å²) in [7, 11) is 0. The van der Waals surface area contributed by atoms with Crippen molar-refractivity contribution < 1.29 is 27.4 Å². The lowest BCUT2D eigenvalue weighted by atomic mass is 10.4. The van der Waals surface area contributed by atoms with Crippen molar-refractivity contribution in [2.45, 2.75) is 12.6 Å². The summed E-state index contributed by atoms with van der Waals surface area (Å²) in [6.07, 6.45) is -5.44. The predicted octanol–water partition coefficient (Wildman–Crippen LogP) is 0.976. The molecule has 1 radical (unpaired) electrons. The maximum atomic E-state index is 11.7. The molecule has 16 heavy (non-hydrogen) atoms. The van der Waals surface area contributed by atoms with Gasteiger partial charge in [-0.05, 0) is 0 Å². The van der Waals surface area contributed by atoms with Crippen molar-refractivity contribution in [2.75, 3.05) is 32.9 Å². The smallest absolute Gasteiger partial charge is 0.378 e. The fourth-order valence-electron chi connectivity index (χ4n) is 1.19. The minimum absolute atomic E-state index is 0.318. The van der Waals surface area contributed by atoms with Crippen LogP contribution >= 0.6 is 0 Å². The average molecular weight is 240 g/mol. The van der Waals surface area contributed by atoms with Crippen LogP contribution in [0.25, 0.3) is 0 Å². The van der Waals surface area contributed by atoms with Crippen LogP contribution in [-0.2, 0) is 14.3 Å². The van der Waals surface area contributed by atoms with Crippen molar-refractivity contribution in [1.82, 2.24) is 4.90 Å². The van der Waals surface area contributed by atoms with E-state index in [2.05, 4.69) is 4.74 Å². The molecule has 0 atom stereocenters. The summed E-state index contributed by atoms with van der Waals surface area (Å²) in [4.78, 5) is 12.9. The number of morpholine rings is 1. The van der Waals surface area contributed by atoms with Gasteiger partial charge in [-0.3, -0.25) is 4.79 Å². The Labute approximate surface area is 91.3 Å². The van der Waals surface area contributed by atoms with Gasteiger partial charge in [0.15, 0.2) is 0 Å². The monoisotopic (exact) mass is 240 g/mol. The Hall–Kier alpha value is -0.820. The summed E-state index contributed by atoms with van der Waals surface area (Å²) in [5, 5.41) is 0. The standard InChI is InChI=1S/C9H13F3NO3/c10-9(11,12)1-4-16-7-8(14)13-2-5-15-6-3-13/h4H,1-3,5-7H2. The Morgan fingerprint density at radius 2 is 2.00 bits per heavy atom. The number of hydrogen-bond donors (Lipinski definition) is 0. The number of alkyl halides is 3. The van der Waals surface area contributed by atoms with Gasteiger partial charge in [0, 0.05) is 13.1 Å². The van der Waals surface area contributed by atoms with Crippen LogP contribution in [0.3, 0.4) is 0 Å². The molecule has 1 fully saturated rings. The molecule has 4 nitrogen and oxygen atoms in total. The molecule has 0 bridgehead atoms. The Bertz CT molecular complexity index is 227. The van der Waals surface area contributed by atoms with E-state index in [1.165, 1.54) is 4.90 Å². The number of hydrogen-bond acceptors (Lipinski definition) is 3. The molecule has 0 aromatic heterocycles. The van der Waals surface area contributed by atoms with Gasteiger partial charge in [-0.15, -0.1) is 0 Å². The lowest BCUT2D eigenvalue weighted by molar-refractivity contribution is -0.146. The quantitative estimate of drug-likeness (QED) is 0.687. The van der Waals surface area contributed by atoms with Gasteiger partial charge in [0.05, 0.1) is 26.2 Å². The van der Waals surface area contributed by atoms with E-state index < -0.39 is 12.6 Å². The zero-order valence-corrected chi connectivity index (χ0v) is 8.63. The molecule has 1 heterocycles. The van der Waals surface area contributed by atoms with Crippen LogP contribution in [0.15, 0.2) is 0 Å². The molecule has 1 amide bonds. The fourth-order valence-corrected chi connectivity index (χ4v) is 1.19. The number of ether oxygens (including phenoxy) is 2. The third kappa shape index (κ3) is 5.32. The Kier molecular flexibility index (Phi) is 5.01. The van der Waals surface area contributed by atoms with E-state index in [0.717, 1.165) is 0 Å². The summed E-state index contributed by atoms with van der Waals surface area (Å²) in [6.45, 7) is 2.09. The van der Waals surface area contributed by atoms with Crippen molar-refractivity contribution in [3.63, 3.8) is 0 Å². The van der Waals surface area contributed by atoms with Gasteiger partial charge in [-0.1, -0.05) is 0 Å². The Morgan fingerprint density at radius 1 is 1.38 bits per heavy atom. The molecule has 0 saturated carbocycles. The van der Waals surface area contributed by atoms with Crippen LogP contribution in [-0.4, -0.2) is 49.9 Å². The van der Waals surface area contributed by atoms with E-state index in [-0.39, 0.29) is 12.5 Å². The molecular formula is C9H13F3NO3. The first-order chi connectivity index (χ1) is 7.49. The molecule has 1 aliphatic rings. The van der Waals surface area contributed by atoms with Gasteiger partial charge in [-0.2, -0.15) is 13.2 Å². The number of carbonyl (C=O) groups is 1. The van der Waals surface area contributed by atoms with Gasteiger partial charge in [0.1, 0.15) is 6.61 Å². The van der Waals surface area contributed by atoms with Crippen LogP contribution in [0, 0.1) is 6.61 Å². The lowest BCUT2D eigenvalue weighted by Crippen LogP contribution is -2.42. The molecule has 0 aliphatic carbocycles. The number of halogens is 3. The first-order valence-corrected chi connectivity index (χ1v) is 4.84. The first kappa shape index (κ1) is 13.2. The fraction of sp³-hybridized carbons (Fsp3) is 0.778. The van der Waals surface area contributed by atoms with Crippen LogP contribution < -0.4 is 0 Å². The van der Waals surface area contributed by atoms with E-state index in [1.807, 2.05) is 0 Å². The van der Waals surface area contributed by atoms with Crippen LogP contribution in [0.2, 0.25) is 0 Å². The Balaban J connectivity index is 2.10. The summed E-state index contributed by atoms with van der Waals surface area (Å²) in [5.74, 6) is -0.318. The van der Waals surface area contributed by atoms with Crippen molar-refractivity contribution in [2.24, 2.45) is 0 Å². The molecule has 93 valence electrons. The second-order valence-electron chi connectivity index (χ2n) is 3.29. The van der Waals surface area contributed by atoms with Crippen LogP contribution in [0.1, 0.15) is 6.42 Å². The first-order valence-electron chi connectivity index (χ1n) is 4.84. The molecule has 0 N–H and O–H groups in total. The van der Waals surface area contributed by atoms with E-state index >= 15 is 0 Å². The summed E-state index contributed by atoms with van der Waals surface area (Å²) in [6, 6.07) is 0. The average Bonchev–Trinajstić information content (AvgIpc) is 2.24. The zero-order chi connectivity index (χ0) is 12.0. The summed E-state index contributed by atoms with van der Waals surface area (Å²) >= 11 is 0. The SMILES string of the molecule is O=C(CO[CH]CC(F)(F)F)N1CCOCC1. The maximum absolute atomic E-state index is 11.7. The van der Waals surface area contributed by atoms with Crippen molar-refractivity contribution in [3.8, 4) is 0 Å². The van der Waals surface area contributed by atoms with E-state index in [1.54, 1.807) is 0 Å². The normalized spacial score (nSPS) is 17.6. The molecular weight excluding hydrogens is 227 g/mol. The van der Waals surface area contributed by atoms with Gasteiger partial charge in [-0.25, -0.2) is 0 Å². The lowest BCUT2D eigenvalue weighted by Gasteiger charge is -2.26. The van der Waals surface area contributed by atoms with E-state index in [9.17, 15) is 18.0 Å². The van der Waals surface area contributed by atoms with Gasteiger partial charge in [0.25, 0.3) is 0 Å². The number of amides is 1.